The van der Waals surface area contributed by atoms with Crippen LogP contribution in [0.2, 0.25) is 10.0 Å². The Bertz CT molecular complexity index is 1120. The normalized spacial score (nSPS) is 22.4. The first-order chi connectivity index (χ1) is 14.8. The summed E-state index contributed by atoms with van der Waals surface area (Å²) in [6.45, 7) is 2.59. The molecule has 2 atom stereocenters. The van der Waals surface area contributed by atoms with Crippen molar-refractivity contribution in [3.63, 3.8) is 0 Å². The van der Waals surface area contributed by atoms with E-state index >= 15 is 0 Å². The Morgan fingerprint density at radius 2 is 2.03 bits per heavy atom. The maximum Gasteiger partial charge on any atom is 0.256 e. The van der Waals surface area contributed by atoms with Gasteiger partial charge in [-0.15, -0.1) is 0 Å². The number of hydrogen-bond acceptors (Lipinski definition) is 5. The molecule has 0 radical (unpaired) electrons. The molecule has 31 heavy (non-hydrogen) atoms. The molecule has 0 aliphatic carbocycles. The highest BCUT2D eigenvalue weighted by molar-refractivity contribution is 6.44. The average Bonchev–Trinajstić information content (AvgIpc) is 3.18. The van der Waals surface area contributed by atoms with Gasteiger partial charge in [0.05, 0.1) is 33.0 Å². The van der Waals surface area contributed by atoms with E-state index in [9.17, 15) is 9.18 Å². The molecule has 1 aromatic carbocycles. The van der Waals surface area contributed by atoms with Crippen LogP contribution in [0, 0.1) is 12.7 Å². The molecule has 0 saturated carbocycles. The van der Waals surface area contributed by atoms with E-state index in [0.717, 1.165) is 41.8 Å². The molecule has 2 aromatic rings. The van der Waals surface area contributed by atoms with E-state index in [-0.39, 0.29) is 33.6 Å². The van der Waals surface area contributed by atoms with E-state index < -0.39 is 5.82 Å². The van der Waals surface area contributed by atoms with Gasteiger partial charge in [-0.05, 0) is 44.7 Å². The van der Waals surface area contributed by atoms with Crippen LogP contribution in [0.1, 0.15) is 58.4 Å². The number of amides is 1. The third-order valence-corrected chi connectivity index (χ3v) is 7.18. The number of benzene rings is 1. The van der Waals surface area contributed by atoms with Crippen molar-refractivity contribution in [2.75, 3.05) is 13.6 Å². The van der Waals surface area contributed by atoms with Crippen LogP contribution in [0.15, 0.2) is 18.3 Å². The molecule has 1 N–H and O–H groups in total. The highest BCUT2D eigenvalue weighted by Crippen LogP contribution is 2.44. The standard InChI is InChI=1S/C22H22Cl2FN5O/c1-11-27-20(12-9-26-29(2)10-12)15-8-13-4-3-5-17(21(15)28-11)30(13)22(31)14-6-7-16(25)19(24)18(14)23/h6-7,10,13,17,26H,3-5,8-9H2,1-2H3/t13-,17+/m0/s1. The molecule has 0 spiro atoms. The van der Waals surface area contributed by atoms with Crippen LogP contribution >= 0.6 is 23.2 Å². The van der Waals surface area contributed by atoms with Gasteiger partial charge in [0.2, 0.25) is 0 Å². The molecule has 1 saturated heterocycles. The molecular formula is C22H22Cl2FN5O. The Morgan fingerprint density at radius 1 is 1.23 bits per heavy atom. The number of carbonyl (C=O) groups excluding carboxylic acids is 1. The first-order valence-electron chi connectivity index (χ1n) is 10.4. The van der Waals surface area contributed by atoms with Gasteiger partial charge in [-0.1, -0.05) is 23.2 Å². The number of rotatable bonds is 2. The summed E-state index contributed by atoms with van der Waals surface area (Å²) < 4.78 is 13.8. The van der Waals surface area contributed by atoms with E-state index in [1.54, 1.807) is 0 Å². The van der Waals surface area contributed by atoms with Crippen LogP contribution in [-0.4, -0.2) is 45.4 Å². The predicted octanol–water partition coefficient (Wildman–Crippen LogP) is 4.31. The minimum Gasteiger partial charge on any atom is -0.327 e. The number of halogens is 3. The Hall–Kier alpha value is -2.22. The maximum absolute atomic E-state index is 13.8. The van der Waals surface area contributed by atoms with E-state index in [4.69, 9.17) is 33.2 Å². The molecule has 9 heteroatoms. The molecule has 6 nitrogen and oxygen atoms in total. The summed E-state index contributed by atoms with van der Waals surface area (Å²) in [7, 11) is 1.96. The lowest BCUT2D eigenvalue weighted by Gasteiger charge is -2.46. The summed E-state index contributed by atoms with van der Waals surface area (Å²) in [5.41, 5.74) is 7.61. The zero-order valence-electron chi connectivity index (χ0n) is 17.3. The highest BCUT2D eigenvalue weighted by Gasteiger charge is 2.43. The molecule has 3 aliphatic heterocycles. The van der Waals surface area contributed by atoms with Crippen molar-refractivity contribution in [2.45, 2.75) is 44.7 Å². The van der Waals surface area contributed by atoms with Gasteiger partial charge < -0.3 is 9.91 Å². The number of hydrazine groups is 1. The van der Waals surface area contributed by atoms with Crippen LogP contribution in [0.5, 0.6) is 0 Å². The van der Waals surface area contributed by atoms with E-state index in [2.05, 4.69) is 11.6 Å². The van der Waals surface area contributed by atoms with Crippen molar-refractivity contribution >= 4 is 34.7 Å². The number of carbonyl (C=O) groups is 1. The fraction of sp³-hybridized carbons (Fsp3) is 0.409. The monoisotopic (exact) mass is 461 g/mol. The van der Waals surface area contributed by atoms with Gasteiger partial charge >= 0.3 is 0 Å². The molecule has 3 aliphatic rings. The molecule has 162 valence electrons. The van der Waals surface area contributed by atoms with E-state index in [1.165, 1.54) is 12.1 Å². The third kappa shape index (κ3) is 3.39. The van der Waals surface area contributed by atoms with Gasteiger partial charge in [0, 0.05) is 37.0 Å². The number of nitrogens with one attached hydrogen (secondary N) is 1. The molecule has 1 fully saturated rings. The van der Waals surface area contributed by atoms with Crippen LogP contribution in [0.4, 0.5) is 4.39 Å². The van der Waals surface area contributed by atoms with Gasteiger partial charge in [0.15, 0.2) is 0 Å². The van der Waals surface area contributed by atoms with Crippen LogP contribution in [-0.2, 0) is 6.42 Å². The highest BCUT2D eigenvalue weighted by atomic mass is 35.5. The zero-order chi connectivity index (χ0) is 21.9. The molecule has 4 heterocycles. The Balaban J connectivity index is 1.59. The molecule has 2 bridgehead atoms. The van der Waals surface area contributed by atoms with Gasteiger partial charge in [-0.3, -0.25) is 4.79 Å². The van der Waals surface area contributed by atoms with Crippen molar-refractivity contribution in [3.05, 3.63) is 62.5 Å². The fourth-order valence-corrected chi connectivity index (χ4v) is 5.36. The number of aromatic nitrogens is 2. The summed E-state index contributed by atoms with van der Waals surface area (Å²) in [6.07, 6.45) is 5.45. The molecule has 1 amide bonds. The second-order valence-corrected chi connectivity index (χ2v) is 9.08. The summed E-state index contributed by atoms with van der Waals surface area (Å²) in [4.78, 5) is 25.0. The summed E-state index contributed by atoms with van der Waals surface area (Å²) >= 11 is 12.2. The Labute approximate surface area is 190 Å². The van der Waals surface area contributed by atoms with Gasteiger partial charge in [0.1, 0.15) is 11.6 Å². The lowest BCUT2D eigenvalue weighted by atomic mass is 9.80. The number of nitrogens with zero attached hydrogens (tertiary/aromatic N) is 4. The number of hydrogen-bond donors (Lipinski definition) is 1. The van der Waals surface area contributed by atoms with Gasteiger partial charge in [-0.25, -0.2) is 19.8 Å². The SMILES string of the molecule is Cc1nc(C2=CN(C)NC2)c2c(n1)[C@H]1CCC[C@@H](C2)N1C(=O)c1ccc(F)c(Cl)c1Cl. The molecule has 5 rings (SSSR count). The zero-order valence-corrected chi connectivity index (χ0v) is 18.8. The number of aryl methyl sites for hydroxylation is 1. The third-order valence-electron chi connectivity index (χ3n) is 6.32. The van der Waals surface area contributed by atoms with Crippen molar-refractivity contribution in [3.8, 4) is 0 Å². The summed E-state index contributed by atoms with van der Waals surface area (Å²) in [5.74, 6) is -0.182. The molecule has 1 aromatic heterocycles. The van der Waals surface area contributed by atoms with Crippen LogP contribution < -0.4 is 5.43 Å². The smallest absolute Gasteiger partial charge is 0.256 e. The van der Waals surface area contributed by atoms with Crippen molar-refractivity contribution in [1.29, 1.82) is 0 Å². The second kappa shape index (κ2) is 7.73. The first-order valence-corrected chi connectivity index (χ1v) is 11.1. The summed E-state index contributed by atoms with van der Waals surface area (Å²) in [6, 6.07) is 2.45. The van der Waals surface area contributed by atoms with Crippen LogP contribution in [0.3, 0.4) is 0 Å². The minimum absolute atomic E-state index is 0.0105. The van der Waals surface area contributed by atoms with Crippen molar-refractivity contribution in [2.24, 2.45) is 0 Å². The quantitative estimate of drug-likeness (QED) is 0.674. The van der Waals surface area contributed by atoms with E-state index in [1.807, 2.05) is 23.9 Å². The average molecular weight is 462 g/mol. The Morgan fingerprint density at radius 3 is 2.77 bits per heavy atom. The lowest BCUT2D eigenvalue weighted by molar-refractivity contribution is 0.0388. The first kappa shape index (κ1) is 20.7. The molecular weight excluding hydrogens is 440 g/mol. The van der Waals surface area contributed by atoms with Crippen LogP contribution in [0.25, 0.3) is 5.57 Å². The van der Waals surface area contributed by atoms with Gasteiger partial charge in [0.25, 0.3) is 5.91 Å². The van der Waals surface area contributed by atoms with Crippen molar-refractivity contribution in [1.82, 2.24) is 25.3 Å². The predicted molar refractivity (Wildman–Crippen MR) is 117 cm³/mol. The summed E-state index contributed by atoms with van der Waals surface area (Å²) in [5, 5.41) is 1.67. The lowest BCUT2D eigenvalue weighted by Crippen LogP contribution is -2.50. The number of piperidine rings is 1. The molecule has 0 unspecified atom stereocenters. The second-order valence-electron chi connectivity index (χ2n) is 8.32. The topological polar surface area (TPSA) is 61.4 Å². The number of fused-ring (bicyclic) bond motifs is 4. The Kier molecular flexibility index (Phi) is 5.15. The van der Waals surface area contributed by atoms with E-state index in [0.29, 0.717) is 18.8 Å². The fourth-order valence-electron chi connectivity index (χ4n) is 4.96. The van der Waals surface area contributed by atoms with Crippen molar-refractivity contribution < 1.29 is 9.18 Å². The minimum atomic E-state index is -0.635. The maximum atomic E-state index is 13.8. The largest absolute Gasteiger partial charge is 0.327 e. The van der Waals surface area contributed by atoms with Gasteiger partial charge in [-0.2, -0.15) is 0 Å².